The van der Waals surface area contributed by atoms with Crippen molar-refractivity contribution in [1.29, 1.82) is 0 Å². The van der Waals surface area contributed by atoms with Crippen LogP contribution in [0, 0.1) is 0 Å². The summed E-state index contributed by atoms with van der Waals surface area (Å²) >= 11 is 0. The van der Waals surface area contributed by atoms with Gasteiger partial charge in [0.15, 0.2) is 0 Å². The number of aromatic hydroxyl groups is 2. The Morgan fingerprint density at radius 2 is 1.94 bits per heavy atom. The van der Waals surface area contributed by atoms with Crippen molar-refractivity contribution < 1.29 is 19.7 Å². The van der Waals surface area contributed by atoms with Crippen LogP contribution in [0.15, 0.2) is 18.2 Å². The molecule has 0 saturated heterocycles. The van der Waals surface area contributed by atoms with E-state index in [2.05, 4.69) is 5.32 Å². The van der Waals surface area contributed by atoms with Gasteiger partial charge in [0, 0.05) is 12.1 Å². The third kappa shape index (κ3) is 4.32. The molecule has 3 N–H and O–H groups in total. The van der Waals surface area contributed by atoms with Crippen LogP contribution in [-0.2, 0) is 9.53 Å². The number of benzene rings is 1. The Kier molecular flexibility index (Phi) is 4.78. The van der Waals surface area contributed by atoms with Gasteiger partial charge in [0.1, 0.15) is 11.5 Å². The summed E-state index contributed by atoms with van der Waals surface area (Å²) in [7, 11) is 0. The molecule has 0 aliphatic rings. The maximum atomic E-state index is 11.1. The van der Waals surface area contributed by atoms with Crippen LogP contribution in [0.4, 0.5) is 0 Å². The van der Waals surface area contributed by atoms with Gasteiger partial charge in [0.25, 0.3) is 0 Å². The van der Waals surface area contributed by atoms with Gasteiger partial charge < -0.3 is 20.3 Å². The molecule has 0 spiro atoms. The van der Waals surface area contributed by atoms with Crippen molar-refractivity contribution in [3.05, 3.63) is 23.8 Å². The second-order valence-electron chi connectivity index (χ2n) is 3.69. The first-order chi connectivity index (χ1) is 8.02. The summed E-state index contributed by atoms with van der Waals surface area (Å²) in [6.07, 6.45) is 0. The number of phenolic OH excluding ortho intramolecular Hbond substituents is 2. The topological polar surface area (TPSA) is 78.8 Å². The van der Waals surface area contributed by atoms with Crippen molar-refractivity contribution in [2.45, 2.75) is 19.9 Å². The van der Waals surface area contributed by atoms with E-state index in [-0.39, 0.29) is 30.1 Å². The molecule has 17 heavy (non-hydrogen) atoms. The molecule has 1 atom stereocenters. The van der Waals surface area contributed by atoms with Gasteiger partial charge in [-0.05, 0) is 31.5 Å². The highest BCUT2D eigenvalue weighted by atomic mass is 16.5. The number of carbonyl (C=O) groups excluding carboxylic acids is 1. The first kappa shape index (κ1) is 13.3. The molecule has 0 aliphatic carbocycles. The van der Waals surface area contributed by atoms with Crippen molar-refractivity contribution in [3.63, 3.8) is 0 Å². The summed E-state index contributed by atoms with van der Waals surface area (Å²) in [6, 6.07) is 4.14. The van der Waals surface area contributed by atoms with Gasteiger partial charge in [0.2, 0.25) is 0 Å². The van der Waals surface area contributed by atoms with Crippen molar-refractivity contribution >= 4 is 5.97 Å². The average molecular weight is 239 g/mol. The zero-order valence-electron chi connectivity index (χ0n) is 9.93. The highest BCUT2D eigenvalue weighted by Crippen LogP contribution is 2.24. The maximum absolute atomic E-state index is 11.1. The molecule has 0 bridgehead atoms. The monoisotopic (exact) mass is 239 g/mol. The molecule has 0 aromatic heterocycles. The zero-order chi connectivity index (χ0) is 12.8. The van der Waals surface area contributed by atoms with Crippen molar-refractivity contribution in [2.75, 3.05) is 13.2 Å². The lowest BCUT2D eigenvalue weighted by Crippen LogP contribution is -2.27. The van der Waals surface area contributed by atoms with E-state index >= 15 is 0 Å². The Hall–Kier alpha value is -1.75. The second kappa shape index (κ2) is 6.10. The fraction of sp³-hybridized carbons (Fsp3) is 0.417. The second-order valence-corrected chi connectivity index (χ2v) is 3.69. The molecular weight excluding hydrogens is 222 g/mol. The van der Waals surface area contributed by atoms with Gasteiger partial charge in [-0.3, -0.25) is 4.79 Å². The third-order valence-corrected chi connectivity index (χ3v) is 2.28. The Bertz CT molecular complexity index is 372. The standard InChI is InChI=1S/C12H17NO4/c1-3-17-12(16)7-13-8(2)9-4-10(14)6-11(15)5-9/h4-6,8,13-15H,3,7H2,1-2H3. The summed E-state index contributed by atoms with van der Waals surface area (Å²) < 4.78 is 4.78. The minimum absolute atomic E-state index is 0.00946. The van der Waals surface area contributed by atoms with Crippen LogP contribution in [0.1, 0.15) is 25.5 Å². The van der Waals surface area contributed by atoms with Gasteiger partial charge in [-0.15, -0.1) is 0 Å². The summed E-state index contributed by atoms with van der Waals surface area (Å²) in [5.41, 5.74) is 0.701. The third-order valence-electron chi connectivity index (χ3n) is 2.28. The molecule has 0 aliphatic heterocycles. The van der Waals surface area contributed by atoms with E-state index in [4.69, 9.17) is 4.74 Å². The van der Waals surface area contributed by atoms with Crippen LogP contribution < -0.4 is 5.32 Å². The summed E-state index contributed by atoms with van der Waals surface area (Å²) in [5, 5.41) is 21.6. The molecule has 0 radical (unpaired) electrons. The number of phenols is 2. The lowest BCUT2D eigenvalue weighted by molar-refractivity contribution is -0.142. The Labute approximate surface area is 100 Å². The Morgan fingerprint density at radius 3 is 2.47 bits per heavy atom. The lowest BCUT2D eigenvalue weighted by atomic mass is 10.1. The van der Waals surface area contributed by atoms with E-state index in [0.717, 1.165) is 0 Å². The fourth-order valence-electron chi connectivity index (χ4n) is 1.43. The molecular formula is C12H17NO4. The lowest BCUT2D eigenvalue weighted by Gasteiger charge is -2.14. The van der Waals surface area contributed by atoms with E-state index in [1.165, 1.54) is 18.2 Å². The number of nitrogens with one attached hydrogen (secondary N) is 1. The van der Waals surface area contributed by atoms with E-state index in [1.54, 1.807) is 6.92 Å². The average Bonchev–Trinajstić information content (AvgIpc) is 2.25. The quantitative estimate of drug-likeness (QED) is 0.675. The smallest absolute Gasteiger partial charge is 0.319 e. The molecule has 5 heteroatoms. The molecule has 1 rings (SSSR count). The van der Waals surface area contributed by atoms with Gasteiger partial charge in [-0.2, -0.15) is 0 Å². The molecule has 0 fully saturated rings. The van der Waals surface area contributed by atoms with E-state index in [0.29, 0.717) is 12.2 Å². The molecule has 1 aromatic carbocycles. The molecule has 1 aromatic rings. The Balaban J connectivity index is 2.57. The van der Waals surface area contributed by atoms with Crippen molar-refractivity contribution in [3.8, 4) is 11.5 Å². The summed E-state index contributed by atoms with van der Waals surface area (Å²) in [4.78, 5) is 11.1. The van der Waals surface area contributed by atoms with Crippen LogP contribution in [-0.4, -0.2) is 29.3 Å². The molecule has 94 valence electrons. The van der Waals surface area contributed by atoms with Gasteiger partial charge in [-0.25, -0.2) is 0 Å². The number of hydrogen-bond acceptors (Lipinski definition) is 5. The van der Waals surface area contributed by atoms with Crippen molar-refractivity contribution in [2.24, 2.45) is 0 Å². The molecule has 0 heterocycles. The zero-order valence-corrected chi connectivity index (χ0v) is 9.93. The predicted octanol–water partition coefficient (Wildman–Crippen LogP) is 1.31. The minimum atomic E-state index is -0.330. The fourth-order valence-corrected chi connectivity index (χ4v) is 1.43. The van der Waals surface area contributed by atoms with Crippen molar-refractivity contribution in [1.82, 2.24) is 5.32 Å². The van der Waals surface area contributed by atoms with E-state index < -0.39 is 0 Å². The van der Waals surface area contributed by atoms with Gasteiger partial charge >= 0.3 is 5.97 Å². The maximum Gasteiger partial charge on any atom is 0.319 e. The highest BCUT2D eigenvalue weighted by molar-refractivity contribution is 5.71. The SMILES string of the molecule is CCOC(=O)CNC(C)c1cc(O)cc(O)c1. The minimum Gasteiger partial charge on any atom is -0.508 e. The largest absolute Gasteiger partial charge is 0.508 e. The van der Waals surface area contributed by atoms with E-state index in [1.807, 2.05) is 6.92 Å². The molecule has 1 unspecified atom stereocenters. The molecule has 5 nitrogen and oxygen atoms in total. The first-order valence-electron chi connectivity index (χ1n) is 5.45. The highest BCUT2D eigenvalue weighted by Gasteiger charge is 2.10. The first-order valence-corrected chi connectivity index (χ1v) is 5.45. The number of hydrogen-bond donors (Lipinski definition) is 3. The number of carbonyl (C=O) groups is 1. The predicted molar refractivity (Wildman–Crippen MR) is 62.8 cm³/mol. The number of rotatable bonds is 5. The van der Waals surface area contributed by atoms with Crippen LogP contribution >= 0.6 is 0 Å². The Morgan fingerprint density at radius 1 is 1.35 bits per heavy atom. The molecule has 0 saturated carbocycles. The van der Waals surface area contributed by atoms with E-state index in [9.17, 15) is 15.0 Å². The number of ether oxygens (including phenoxy) is 1. The van der Waals surface area contributed by atoms with Crippen LogP contribution in [0.3, 0.4) is 0 Å². The van der Waals surface area contributed by atoms with Gasteiger partial charge in [0.05, 0.1) is 13.2 Å². The van der Waals surface area contributed by atoms with Crippen LogP contribution in [0.25, 0.3) is 0 Å². The van der Waals surface area contributed by atoms with Crippen LogP contribution in [0.2, 0.25) is 0 Å². The normalized spacial score (nSPS) is 12.1. The van der Waals surface area contributed by atoms with Crippen LogP contribution in [0.5, 0.6) is 11.5 Å². The summed E-state index contributed by atoms with van der Waals surface area (Å²) in [5.74, 6) is -0.349. The summed E-state index contributed by atoms with van der Waals surface area (Å²) in [6.45, 7) is 4.01. The van der Waals surface area contributed by atoms with Gasteiger partial charge in [-0.1, -0.05) is 0 Å². The number of esters is 1. The molecule has 0 amide bonds.